The first-order valence-electron chi connectivity index (χ1n) is 6.70. The molecule has 0 aromatic heterocycles. The molecule has 0 saturated carbocycles. The zero-order valence-electron chi connectivity index (χ0n) is 11.6. The third-order valence-electron chi connectivity index (χ3n) is 3.37. The van der Waals surface area contributed by atoms with Crippen LogP contribution >= 0.6 is 0 Å². The molecule has 3 aromatic rings. The molecule has 3 nitrogen and oxygen atoms in total. The summed E-state index contributed by atoms with van der Waals surface area (Å²) in [6.45, 7) is 0. The number of benzene rings is 3. The first-order chi connectivity index (χ1) is 10.6. The molecule has 4 heteroatoms. The molecule has 0 bridgehead atoms. The van der Waals surface area contributed by atoms with E-state index >= 15 is 0 Å². The summed E-state index contributed by atoms with van der Waals surface area (Å²) in [4.78, 5) is -0.105. The Kier molecular flexibility index (Phi) is 3.79. The molecule has 0 spiro atoms. The van der Waals surface area contributed by atoms with Crippen LogP contribution in [0.1, 0.15) is 0 Å². The fourth-order valence-corrected chi connectivity index (χ4v) is 3.13. The molecule has 0 aliphatic rings. The van der Waals surface area contributed by atoms with E-state index in [1.54, 1.807) is 30.3 Å². The summed E-state index contributed by atoms with van der Waals surface area (Å²) in [6, 6.07) is 24.6. The van der Waals surface area contributed by atoms with Gasteiger partial charge in [-0.3, -0.25) is 4.55 Å². The fourth-order valence-electron chi connectivity index (χ4n) is 2.42. The molecule has 1 radical (unpaired) electrons. The molecule has 0 aliphatic heterocycles. The quantitative estimate of drug-likeness (QED) is 0.742. The average Bonchev–Trinajstić information content (AvgIpc) is 2.55. The summed E-state index contributed by atoms with van der Waals surface area (Å²) >= 11 is 0. The lowest BCUT2D eigenvalue weighted by Crippen LogP contribution is -2.01. The van der Waals surface area contributed by atoms with Gasteiger partial charge in [-0.25, -0.2) is 0 Å². The summed E-state index contributed by atoms with van der Waals surface area (Å²) in [7, 11) is -4.29. The summed E-state index contributed by atoms with van der Waals surface area (Å²) in [5, 5.41) is 0. The highest BCUT2D eigenvalue weighted by atomic mass is 32.2. The van der Waals surface area contributed by atoms with E-state index in [1.807, 2.05) is 36.4 Å². The fraction of sp³-hybridized carbons (Fsp3) is 0. The van der Waals surface area contributed by atoms with E-state index in [4.69, 9.17) is 0 Å². The molecule has 1 N–H and O–H groups in total. The van der Waals surface area contributed by atoms with Crippen LogP contribution in [-0.4, -0.2) is 13.0 Å². The summed E-state index contributed by atoms with van der Waals surface area (Å²) in [5.41, 5.74) is 2.89. The Morgan fingerprint density at radius 2 is 1.41 bits per heavy atom. The van der Waals surface area contributed by atoms with Gasteiger partial charge in [-0.15, -0.1) is 0 Å². The summed E-state index contributed by atoms with van der Waals surface area (Å²) in [5.74, 6) is 0. The van der Waals surface area contributed by atoms with E-state index in [-0.39, 0.29) is 4.90 Å². The number of rotatable bonds is 3. The second-order valence-corrected chi connectivity index (χ2v) is 6.19. The zero-order chi connectivity index (χ0) is 15.6. The van der Waals surface area contributed by atoms with Crippen molar-refractivity contribution < 1.29 is 13.0 Å². The normalized spacial score (nSPS) is 11.3. The van der Waals surface area contributed by atoms with Crippen LogP contribution in [0.25, 0.3) is 22.3 Å². The second-order valence-electron chi connectivity index (χ2n) is 4.80. The van der Waals surface area contributed by atoms with E-state index in [2.05, 4.69) is 6.07 Å². The monoisotopic (exact) mass is 309 g/mol. The van der Waals surface area contributed by atoms with Crippen LogP contribution in [0.3, 0.4) is 0 Å². The minimum absolute atomic E-state index is 0.105. The van der Waals surface area contributed by atoms with E-state index in [9.17, 15) is 13.0 Å². The largest absolute Gasteiger partial charge is 0.295 e. The topological polar surface area (TPSA) is 54.4 Å². The van der Waals surface area contributed by atoms with Crippen molar-refractivity contribution in [1.82, 2.24) is 0 Å². The van der Waals surface area contributed by atoms with Gasteiger partial charge in [0, 0.05) is 5.56 Å². The third kappa shape index (κ3) is 2.79. The van der Waals surface area contributed by atoms with Crippen molar-refractivity contribution in [3.05, 3.63) is 78.9 Å². The molecule has 0 heterocycles. The lowest BCUT2D eigenvalue weighted by molar-refractivity contribution is 0.483. The van der Waals surface area contributed by atoms with Crippen LogP contribution in [0.4, 0.5) is 0 Å². The molecule has 22 heavy (non-hydrogen) atoms. The Hall–Kier alpha value is -2.43. The molecule has 0 saturated heterocycles. The van der Waals surface area contributed by atoms with Gasteiger partial charge < -0.3 is 0 Å². The van der Waals surface area contributed by atoms with E-state index in [0.29, 0.717) is 11.1 Å². The van der Waals surface area contributed by atoms with Crippen LogP contribution in [-0.2, 0) is 10.1 Å². The molecule has 0 unspecified atom stereocenters. The van der Waals surface area contributed by atoms with Gasteiger partial charge in [0.25, 0.3) is 10.1 Å². The van der Waals surface area contributed by atoms with Crippen molar-refractivity contribution in [2.24, 2.45) is 0 Å². The number of hydrogen-bond donors (Lipinski definition) is 1. The Balaban J connectivity index is 2.28. The van der Waals surface area contributed by atoms with Crippen molar-refractivity contribution in [3.63, 3.8) is 0 Å². The average molecular weight is 309 g/mol. The maximum Gasteiger partial charge on any atom is 0.295 e. The standard InChI is InChI=1S/C18H13O3S/c19-22(20,21)18-13-7-6-12-17(18)16-11-5-4-10-15(16)14-8-2-1-3-9-14/h1-9,11-13H,(H,19,20,21). The Labute approximate surface area is 129 Å². The van der Waals surface area contributed by atoms with Crippen LogP contribution in [0.5, 0.6) is 0 Å². The SMILES string of the molecule is O=S(=O)(O)c1ccccc1-c1ccc[c]c1-c1ccccc1. The first kappa shape index (κ1) is 14.5. The van der Waals surface area contributed by atoms with Crippen molar-refractivity contribution >= 4 is 10.1 Å². The van der Waals surface area contributed by atoms with Gasteiger partial charge in [-0.1, -0.05) is 66.7 Å². The molecule has 109 valence electrons. The van der Waals surface area contributed by atoms with Crippen molar-refractivity contribution in [3.8, 4) is 22.3 Å². The molecular weight excluding hydrogens is 296 g/mol. The molecule has 0 amide bonds. The van der Waals surface area contributed by atoms with Gasteiger partial charge >= 0.3 is 0 Å². The third-order valence-corrected chi connectivity index (χ3v) is 4.29. The first-order valence-corrected chi connectivity index (χ1v) is 8.14. The minimum Gasteiger partial charge on any atom is -0.282 e. The maximum atomic E-state index is 11.6. The Morgan fingerprint density at radius 1 is 0.773 bits per heavy atom. The predicted molar refractivity (Wildman–Crippen MR) is 86.0 cm³/mol. The molecule has 0 atom stereocenters. The lowest BCUT2D eigenvalue weighted by Gasteiger charge is -2.12. The Bertz CT molecular complexity index is 900. The molecule has 3 aromatic carbocycles. The summed E-state index contributed by atoms with van der Waals surface area (Å²) in [6.07, 6.45) is 0. The van der Waals surface area contributed by atoms with Crippen molar-refractivity contribution in [1.29, 1.82) is 0 Å². The van der Waals surface area contributed by atoms with Crippen LogP contribution in [0.2, 0.25) is 0 Å². The van der Waals surface area contributed by atoms with E-state index in [0.717, 1.165) is 11.1 Å². The van der Waals surface area contributed by atoms with Crippen LogP contribution < -0.4 is 0 Å². The van der Waals surface area contributed by atoms with E-state index in [1.165, 1.54) is 6.07 Å². The van der Waals surface area contributed by atoms with Gasteiger partial charge in [0.05, 0.1) is 0 Å². The van der Waals surface area contributed by atoms with Crippen LogP contribution in [0, 0.1) is 6.07 Å². The van der Waals surface area contributed by atoms with Gasteiger partial charge in [-0.2, -0.15) is 8.42 Å². The zero-order valence-corrected chi connectivity index (χ0v) is 12.4. The maximum absolute atomic E-state index is 11.6. The van der Waals surface area contributed by atoms with Crippen LogP contribution in [0.15, 0.2) is 77.7 Å². The van der Waals surface area contributed by atoms with Gasteiger partial charge in [-0.05, 0) is 28.8 Å². The highest BCUT2D eigenvalue weighted by Gasteiger charge is 2.18. The number of hydrogen-bond acceptors (Lipinski definition) is 2. The van der Waals surface area contributed by atoms with Crippen molar-refractivity contribution in [2.45, 2.75) is 4.90 Å². The van der Waals surface area contributed by atoms with Crippen molar-refractivity contribution in [2.75, 3.05) is 0 Å². The summed E-state index contributed by atoms with van der Waals surface area (Å²) < 4.78 is 32.7. The highest BCUT2D eigenvalue weighted by molar-refractivity contribution is 7.86. The predicted octanol–water partition coefficient (Wildman–Crippen LogP) is 4.07. The smallest absolute Gasteiger partial charge is 0.282 e. The lowest BCUT2D eigenvalue weighted by atomic mass is 9.95. The highest BCUT2D eigenvalue weighted by Crippen LogP contribution is 2.34. The van der Waals surface area contributed by atoms with Gasteiger partial charge in [0.15, 0.2) is 0 Å². The van der Waals surface area contributed by atoms with Gasteiger partial charge in [0.1, 0.15) is 4.90 Å². The Morgan fingerprint density at radius 3 is 2.14 bits per heavy atom. The van der Waals surface area contributed by atoms with Gasteiger partial charge in [0.2, 0.25) is 0 Å². The molecular formula is C18H13O3S. The molecule has 0 fully saturated rings. The molecule has 3 rings (SSSR count). The van der Waals surface area contributed by atoms with E-state index < -0.39 is 10.1 Å². The second kappa shape index (κ2) is 5.75. The molecule has 0 aliphatic carbocycles. The minimum atomic E-state index is -4.29.